The molecule has 9 heteroatoms. The van der Waals surface area contributed by atoms with E-state index in [1.54, 1.807) is 0 Å². The Labute approximate surface area is 213 Å². The summed E-state index contributed by atoms with van der Waals surface area (Å²) in [5.74, 6) is -0.0965. The van der Waals surface area contributed by atoms with Gasteiger partial charge < -0.3 is 25.4 Å². The molecular formula is C27H41N3O6. The van der Waals surface area contributed by atoms with Gasteiger partial charge in [0.1, 0.15) is 24.1 Å². The molecule has 200 valence electrons. The molecule has 9 nitrogen and oxygen atoms in total. The van der Waals surface area contributed by atoms with Crippen molar-refractivity contribution in [3.05, 3.63) is 59.2 Å². The molecule has 0 unspecified atom stereocenters. The summed E-state index contributed by atoms with van der Waals surface area (Å²) < 4.78 is 6.36. The van der Waals surface area contributed by atoms with Gasteiger partial charge in [0, 0.05) is 12.6 Å². The Hall–Kier alpha value is -2.59. The zero-order chi connectivity index (χ0) is 26.2. The van der Waals surface area contributed by atoms with Crippen LogP contribution in [-0.4, -0.2) is 55.7 Å². The summed E-state index contributed by atoms with van der Waals surface area (Å²) in [6.07, 6.45) is 19.2. The van der Waals surface area contributed by atoms with E-state index in [4.69, 9.17) is 4.74 Å². The maximum atomic E-state index is 12.3. The molecule has 36 heavy (non-hydrogen) atoms. The number of aliphatic hydroxyl groups excluding tert-OH is 3. The summed E-state index contributed by atoms with van der Waals surface area (Å²) >= 11 is 0. The summed E-state index contributed by atoms with van der Waals surface area (Å²) in [6, 6.07) is 1.43. The van der Waals surface area contributed by atoms with E-state index < -0.39 is 36.8 Å². The van der Waals surface area contributed by atoms with Gasteiger partial charge in [-0.1, -0.05) is 62.6 Å². The van der Waals surface area contributed by atoms with Crippen LogP contribution in [0.5, 0.6) is 0 Å². The fourth-order valence-corrected chi connectivity index (χ4v) is 3.90. The molecule has 1 fully saturated rings. The van der Waals surface area contributed by atoms with Gasteiger partial charge in [0.25, 0.3) is 0 Å². The molecule has 1 amide bonds. The topological polar surface area (TPSA) is 134 Å². The van der Waals surface area contributed by atoms with Gasteiger partial charge in [-0.25, -0.2) is 4.79 Å². The average Bonchev–Trinajstić information content (AvgIpc) is 3.15. The third-order valence-corrected chi connectivity index (χ3v) is 5.94. The molecule has 0 saturated carbocycles. The predicted octanol–water partition coefficient (Wildman–Crippen LogP) is 3.38. The van der Waals surface area contributed by atoms with Crippen LogP contribution < -0.4 is 11.0 Å². The minimum Gasteiger partial charge on any atom is -0.394 e. The lowest BCUT2D eigenvalue weighted by Gasteiger charge is -2.17. The monoisotopic (exact) mass is 503 g/mol. The second kappa shape index (κ2) is 17.0. The van der Waals surface area contributed by atoms with E-state index in [2.05, 4.69) is 53.7 Å². The van der Waals surface area contributed by atoms with E-state index in [1.165, 1.54) is 12.3 Å². The molecule has 0 bridgehead atoms. The van der Waals surface area contributed by atoms with Crippen molar-refractivity contribution in [2.75, 3.05) is 11.9 Å². The minimum atomic E-state index is -1.38. The smallest absolute Gasteiger partial charge is 0.351 e. The lowest BCUT2D eigenvalue weighted by atomic mass is 10.1. The van der Waals surface area contributed by atoms with Crippen LogP contribution in [0, 0.1) is 0 Å². The molecular weight excluding hydrogens is 462 g/mol. The summed E-state index contributed by atoms with van der Waals surface area (Å²) in [5.41, 5.74) is -0.739. The maximum Gasteiger partial charge on any atom is 0.351 e. The number of hydrogen-bond donors (Lipinski definition) is 4. The molecule has 0 aromatic carbocycles. The number of aromatic nitrogens is 2. The van der Waals surface area contributed by atoms with Gasteiger partial charge in [0.2, 0.25) is 5.91 Å². The third-order valence-electron chi connectivity index (χ3n) is 5.94. The van der Waals surface area contributed by atoms with Crippen LogP contribution in [-0.2, 0) is 9.53 Å². The molecule has 1 aliphatic rings. The van der Waals surface area contributed by atoms with Crippen molar-refractivity contribution in [1.29, 1.82) is 0 Å². The summed E-state index contributed by atoms with van der Waals surface area (Å²) in [6.45, 7) is 1.64. The largest absolute Gasteiger partial charge is 0.394 e. The summed E-state index contributed by atoms with van der Waals surface area (Å²) in [7, 11) is 0. The number of amides is 1. The Kier molecular flexibility index (Phi) is 14.0. The Balaban J connectivity index is 1.58. The van der Waals surface area contributed by atoms with Crippen LogP contribution in [0.25, 0.3) is 0 Å². The number of unbranched alkanes of at least 4 members (excludes halogenated alkanes) is 5. The molecule has 2 heterocycles. The quantitative estimate of drug-likeness (QED) is 0.201. The van der Waals surface area contributed by atoms with Gasteiger partial charge in [-0.15, -0.1) is 0 Å². The van der Waals surface area contributed by atoms with Crippen LogP contribution in [0.2, 0.25) is 0 Å². The highest BCUT2D eigenvalue weighted by Gasteiger charge is 2.43. The van der Waals surface area contributed by atoms with Gasteiger partial charge >= 0.3 is 5.69 Å². The maximum absolute atomic E-state index is 12.3. The van der Waals surface area contributed by atoms with Gasteiger partial charge in [-0.3, -0.25) is 9.36 Å². The van der Waals surface area contributed by atoms with E-state index in [-0.39, 0.29) is 11.7 Å². The van der Waals surface area contributed by atoms with E-state index in [0.29, 0.717) is 6.42 Å². The number of anilines is 1. The minimum absolute atomic E-state index is 0.118. The highest BCUT2D eigenvalue weighted by Crippen LogP contribution is 2.28. The fourth-order valence-electron chi connectivity index (χ4n) is 3.90. The highest BCUT2D eigenvalue weighted by atomic mass is 16.6. The number of nitrogens with zero attached hydrogens (tertiary/aromatic N) is 2. The molecule has 0 aliphatic carbocycles. The summed E-state index contributed by atoms with van der Waals surface area (Å²) in [4.78, 5) is 28.3. The first-order valence-electron chi connectivity index (χ1n) is 12.9. The van der Waals surface area contributed by atoms with E-state index in [1.807, 2.05) is 0 Å². The van der Waals surface area contributed by atoms with Gasteiger partial charge in [-0.05, 0) is 44.6 Å². The Morgan fingerprint density at radius 3 is 2.36 bits per heavy atom. The number of nitrogens with one attached hydrogen (secondary N) is 1. The Morgan fingerprint density at radius 1 is 1.03 bits per heavy atom. The highest BCUT2D eigenvalue weighted by molar-refractivity contribution is 5.89. The van der Waals surface area contributed by atoms with Crippen molar-refractivity contribution < 1.29 is 24.9 Å². The lowest BCUT2D eigenvalue weighted by Crippen LogP contribution is -2.36. The second-order valence-corrected chi connectivity index (χ2v) is 8.88. The van der Waals surface area contributed by atoms with Crippen LogP contribution in [0.4, 0.5) is 5.82 Å². The SMILES string of the molecule is CC/C=C\C/C=C\C/C=C\CCCCCCCC(=O)Nc1ccn([C@@H]2O[C@H](CO)[C@@H](O)[C@@H]2O)c(=O)n1. The zero-order valence-electron chi connectivity index (χ0n) is 21.2. The van der Waals surface area contributed by atoms with Crippen molar-refractivity contribution in [3.63, 3.8) is 0 Å². The Bertz CT molecular complexity index is 926. The average molecular weight is 504 g/mol. The van der Waals surface area contributed by atoms with Crippen LogP contribution in [0.15, 0.2) is 53.5 Å². The van der Waals surface area contributed by atoms with Gasteiger partial charge in [-0.2, -0.15) is 4.98 Å². The fraction of sp³-hybridized carbons (Fsp3) is 0.593. The third kappa shape index (κ3) is 10.2. The second-order valence-electron chi connectivity index (χ2n) is 8.88. The van der Waals surface area contributed by atoms with Gasteiger partial charge in [0.05, 0.1) is 6.61 Å². The number of hydrogen-bond acceptors (Lipinski definition) is 7. The first kappa shape index (κ1) is 29.6. The normalized spacial score (nSPS) is 22.3. The molecule has 2 rings (SSSR count). The molecule has 1 aromatic rings. The number of rotatable bonds is 16. The van der Waals surface area contributed by atoms with Crippen LogP contribution in [0.3, 0.4) is 0 Å². The van der Waals surface area contributed by atoms with E-state index >= 15 is 0 Å². The van der Waals surface area contributed by atoms with Crippen molar-refractivity contribution in [2.24, 2.45) is 0 Å². The molecule has 0 spiro atoms. The molecule has 1 aromatic heterocycles. The number of aliphatic hydroxyl groups is 3. The lowest BCUT2D eigenvalue weighted by molar-refractivity contribution is -0.116. The summed E-state index contributed by atoms with van der Waals surface area (Å²) in [5, 5.41) is 31.7. The first-order chi connectivity index (χ1) is 17.5. The van der Waals surface area contributed by atoms with Crippen molar-refractivity contribution >= 4 is 11.7 Å². The van der Waals surface area contributed by atoms with Crippen molar-refractivity contribution in [3.8, 4) is 0 Å². The van der Waals surface area contributed by atoms with Gasteiger partial charge in [0.15, 0.2) is 6.23 Å². The molecule has 0 radical (unpaired) electrons. The standard InChI is InChI=1S/C27H41N3O6/c1-2-3-4-5-6-7-8-9-10-11-12-13-14-15-16-17-23(32)28-22-18-19-30(27(35)29-22)26-25(34)24(33)21(20-31)36-26/h3-4,6-7,9-10,18-19,21,24-26,31,33-34H,2,5,8,11-17,20H2,1H3,(H,28,29,32,35)/b4-3-,7-6-,10-9-/t21-,24-,25+,26-/m1/s1. The predicted molar refractivity (Wildman–Crippen MR) is 139 cm³/mol. The van der Waals surface area contributed by atoms with Crippen molar-refractivity contribution in [2.45, 2.75) is 95.7 Å². The van der Waals surface area contributed by atoms with Crippen LogP contribution >= 0.6 is 0 Å². The van der Waals surface area contributed by atoms with Crippen LogP contribution in [0.1, 0.15) is 77.4 Å². The molecule has 1 aliphatic heterocycles. The zero-order valence-corrected chi connectivity index (χ0v) is 21.2. The number of allylic oxidation sites excluding steroid dienone is 6. The number of ether oxygens (including phenoxy) is 1. The van der Waals surface area contributed by atoms with Crippen molar-refractivity contribution in [1.82, 2.24) is 9.55 Å². The number of carbonyl (C=O) groups is 1. The van der Waals surface area contributed by atoms with E-state index in [9.17, 15) is 24.9 Å². The van der Waals surface area contributed by atoms with E-state index in [0.717, 1.165) is 62.4 Å². The molecule has 1 saturated heterocycles. The molecule has 4 atom stereocenters. The Morgan fingerprint density at radius 2 is 1.69 bits per heavy atom. The first-order valence-corrected chi connectivity index (χ1v) is 12.9. The molecule has 4 N–H and O–H groups in total. The number of carbonyl (C=O) groups excluding carboxylic acids is 1.